The van der Waals surface area contributed by atoms with Crippen LogP contribution >= 0.6 is 11.3 Å². The lowest BCUT2D eigenvalue weighted by molar-refractivity contribution is -0.136. The second-order valence-corrected chi connectivity index (χ2v) is 6.03. The number of thiazole rings is 1. The molecule has 3 rings (SSSR count). The van der Waals surface area contributed by atoms with Gasteiger partial charge in [-0.2, -0.15) is 0 Å². The van der Waals surface area contributed by atoms with E-state index >= 15 is 0 Å². The average molecular weight is 345 g/mol. The molecule has 1 aromatic heterocycles. The van der Waals surface area contributed by atoms with Gasteiger partial charge >= 0.3 is 12.0 Å². The molecule has 1 saturated heterocycles. The SMILES string of the molecule is CC(OC(=O)c1csc(-c2ccccc2)n1)C(=O)N1CCNC1=O. The highest BCUT2D eigenvalue weighted by Crippen LogP contribution is 2.23. The van der Waals surface area contributed by atoms with Gasteiger partial charge in [0.2, 0.25) is 0 Å². The molecular weight excluding hydrogens is 330 g/mol. The van der Waals surface area contributed by atoms with E-state index in [9.17, 15) is 14.4 Å². The highest BCUT2D eigenvalue weighted by Gasteiger charge is 2.32. The van der Waals surface area contributed by atoms with Crippen molar-refractivity contribution in [1.82, 2.24) is 15.2 Å². The summed E-state index contributed by atoms with van der Waals surface area (Å²) in [5.41, 5.74) is 1.05. The number of amides is 3. The van der Waals surface area contributed by atoms with E-state index < -0.39 is 24.0 Å². The minimum atomic E-state index is -1.05. The van der Waals surface area contributed by atoms with Gasteiger partial charge in [-0.1, -0.05) is 30.3 Å². The third kappa shape index (κ3) is 3.28. The molecule has 2 aromatic rings. The van der Waals surface area contributed by atoms with Crippen molar-refractivity contribution in [3.8, 4) is 10.6 Å². The van der Waals surface area contributed by atoms with Crippen LogP contribution in [0.2, 0.25) is 0 Å². The number of imide groups is 1. The summed E-state index contributed by atoms with van der Waals surface area (Å²) in [6.07, 6.45) is -1.05. The molecule has 8 heteroatoms. The summed E-state index contributed by atoms with van der Waals surface area (Å²) in [5.74, 6) is -1.23. The number of rotatable bonds is 4. The predicted octanol–water partition coefficient (Wildman–Crippen LogP) is 1.91. The summed E-state index contributed by atoms with van der Waals surface area (Å²) in [6, 6.07) is 8.99. The van der Waals surface area contributed by atoms with Crippen molar-refractivity contribution >= 4 is 29.2 Å². The van der Waals surface area contributed by atoms with Crippen LogP contribution in [-0.2, 0) is 9.53 Å². The van der Waals surface area contributed by atoms with Gasteiger partial charge in [0, 0.05) is 24.0 Å². The first kappa shape index (κ1) is 16.1. The van der Waals surface area contributed by atoms with Crippen molar-refractivity contribution in [1.29, 1.82) is 0 Å². The van der Waals surface area contributed by atoms with E-state index in [0.717, 1.165) is 10.5 Å². The summed E-state index contributed by atoms with van der Waals surface area (Å²) >= 11 is 1.32. The Labute approximate surface area is 142 Å². The number of ether oxygens (including phenoxy) is 1. The molecule has 1 fully saturated rings. The molecule has 1 unspecified atom stereocenters. The Morgan fingerprint density at radius 2 is 2.08 bits per heavy atom. The van der Waals surface area contributed by atoms with E-state index in [4.69, 9.17) is 4.74 Å². The minimum absolute atomic E-state index is 0.143. The Morgan fingerprint density at radius 1 is 1.33 bits per heavy atom. The monoisotopic (exact) mass is 345 g/mol. The lowest BCUT2D eigenvalue weighted by atomic mass is 10.2. The van der Waals surface area contributed by atoms with Gasteiger partial charge in [-0.15, -0.1) is 11.3 Å². The lowest BCUT2D eigenvalue weighted by Crippen LogP contribution is -2.41. The first-order valence-electron chi connectivity index (χ1n) is 7.37. The number of esters is 1. The highest BCUT2D eigenvalue weighted by atomic mass is 32.1. The van der Waals surface area contributed by atoms with Crippen molar-refractivity contribution in [2.24, 2.45) is 0 Å². The van der Waals surface area contributed by atoms with Crippen LogP contribution in [0, 0.1) is 0 Å². The zero-order valence-corrected chi connectivity index (χ0v) is 13.7. The highest BCUT2D eigenvalue weighted by molar-refractivity contribution is 7.13. The number of hydrogen-bond acceptors (Lipinski definition) is 6. The minimum Gasteiger partial charge on any atom is -0.448 e. The van der Waals surface area contributed by atoms with Crippen LogP contribution in [0.5, 0.6) is 0 Å². The average Bonchev–Trinajstić information content (AvgIpc) is 3.24. The van der Waals surface area contributed by atoms with Crippen LogP contribution in [0.4, 0.5) is 4.79 Å². The van der Waals surface area contributed by atoms with Crippen molar-refractivity contribution < 1.29 is 19.1 Å². The van der Waals surface area contributed by atoms with Gasteiger partial charge in [0.05, 0.1) is 0 Å². The standard InChI is InChI=1S/C16H15N3O4S/c1-10(14(20)19-8-7-17-16(19)22)23-15(21)12-9-24-13(18-12)11-5-3-2-4-6-11/h2-6,9-10H,7-8H2,1H3,(H,17,22). The molecule has 1 aliphatic heterocycles. The van der Waals surface area contributed by atoms with E-state index in [0.29, 0.717) is 11.6 Å². The van der Waals surface area contributed by atoms with Crippen molar-refractivity contribution in [3.05, 3.63) is 41.4 Å². The number of hydrogen-bond donors (Lipinski definition) is 1. The van der Waals surface area contributed by atoms with Crippen LogP contribution in [0.3, 0.4) is 0 Å². The fourth-order valence-corrected chi connectivity index (χ4v) is 3.05. The van der Waals surface area contributed by atoms with Crippen molar-refractivity contribution in [2.75, 3.05) is 13.1 Å². The zero-order valence-electron chi connectivity index (χ0n) is 12.9. The fourth-order valence-electron chi connectivity index (χ4n) is 2.25. The fraction of sp³-hybridized carbons (Fsp3) is 0.250. The smallest absolute Gasteiger partial charge is 0.358 e. The molecular formula is C16H15N3O4S. The first-order chi connectivity index (χ1) is 11.6. The predicted molar refractivity (Wildman–Crippen MR) is 87.5 cm³/mol. The van der Waals surface area contributed by atoms with E-state index in [-0.39, 0.29) is 12.2 Å². The summed E-state index contributed by atoms with van der Waals surface area (Å²) in [7, 11) is 0. The Kier molecular flexibility index (Phi) is 4.57. The third-order valence-electron chi connectivity index (χ3n) is 3.49. The van der Waals surface area contributed by atoms with Gasteiger partial charge < -0.3 is 10.1 Å². The van der Waals surface area contributed by atoms with Gasteiger partial charge in [-0.25, -0.2) is 14.6 Å². The second kappa shape index (κ2) is 6.79. The molecule has 2 heterocycles. The number of aromatic nitrogens is 1. The molecule has 24 heavy (non-hydrogen) atoms. The van der Waals surface area contributed by atoms with Gasteiger partial charge in [0.25, 0.3) is 5.91 Å². The molecule has 1 atom stereocenters. The second-order valence-electron chi connectivity index (χ2n) is 5.17. The molecule has 0 spiro atoms. The quantitative estimate of drug-likeness (QED) is 0.855. The number of benzene rings is 1. The zero-order chi connectivity index (χ0) is 17.1. The van der Waals surface area contributed by atoms with Crippen LogP contribution < -0.4 is 5.32 Å². The van der Waals surface area contributed by atoms with Gasteiger partial charge in [0.15, 0.2) is 11.8 Å². The molecule has 0 bridgehead atoms. The summed E-state index contributed by atoms with van der Waals surface area (Å²) in [4.78, 5) is 41.0. The molecule has 3 amide bonds. The summed E-state index contributed by atoms with van der Waals surface area (Å²) in [5, 5.41) is 4.81. The van der Waals surface area contributed by atoms with Crippen molar-refractivity contribution in [2.45, 2.75) is 13.0 Å². The molecule has 1 aliphatic rings. The molecule has 1 N–H and O–H groups in total. The Bertz CT molecular complexity index is 775. The van der Waals surface area contributed by atoms with Crippen LogP contribution in [0.25, 0.3) is 10.6 Å². The van der Waals surface area contributed by atoms with Crippen LogP contribution in [0.15, 0.2) is 35.7 Å². The van der Waals surface area contributed by atoms with Gasteiger partial charge in [0.1, 0.15) is 5.01 Å². The topological polar surface area (TPSA) is 88.6 Å². The maximum Gasteiger partial charge on any atom is 0.358 e. The summed E-state index contributed by atoms with van der Waals surface area (Å²) in [6.45, 7) is 2.11. The number of urea groups is 1. The van der Waals surface area contributed by atoms with Crippen molar-refractivity contribution in [3.63, 3.8) is 0 Å². The van der Waals surface area contributed by atoms with Crippen LogP contribution in [0.1, 0.15) is 17.4 Å². The first-order valence-corrected chi connectivity index (χ1v) is 8.25. The molecule has 0 saturated carbocycles. The maximum atomic E-state index is 12.2. The molecule has 124 valence electrons. The number of nitrogens with zero attached hydrogens (tertiary/aromatic N) is 2. The maximum absolute atomic E-state index is 12.2. The largest absolute Gasteiger partial charge is 0.448 e. The number of nitrogens with one attached hydrogen (secondary N) is 1. The van der Waals surface area contributed by atoms with E-state index in [1.807, 2.05) is 30.3 Å². The van der Waals surface area contributed by atoms with E-state index in [1.165, 1.54) is 18.3 Å². The number of carbonyl (C=O) groups is 3. The van der Waals surface area contributed by atoms with E-state index in [1.54, 1.807) is 5.38 Å². The normalized spacial score (nSPS) is 15.0. The molecule has 1 aromatic carbocycles. The lowest BCUT2D eigenvalue weighted by Gasteiger charge is -2.17. The van der Waals surface area contributed by atoms with Gasteiger partial charge in [-0.05, 0) is 6.92 Å². The Hall–Kier alpha value is -2.74. The Balaban J connectivity index is 1.66. The van der Waals surface area contributed by atoms with E-state index in [2.05, 4.69) is 10.3 Å². The van der Waals surface area contributed by atoms with Gasteiger partial charge in [-0.3, -0.25) is 9.69 Å². The number of carbonyl (C=O) groups excluding carboxylic acids is 3. The van der Waals surface area contributed by atoms with Crippen LogP contribution in [-0.4, -0.2) is 47.0 Å². The molecule has 7 nitrogen and oxygen atoms in total. The third-order valence-corrected chi connectivity index (χ3v) is 4.38. The molecule has 0 aliphatic carbocycles. The Morgan fingerprint density at radius 3 is 2.75 bits per heavy atom. The summed E-state index contributed by atoms with van der Waals surface area (Å²) < 4.78 is 5.14. The molecule has 0 radical (unpaired) electrons.